The molecular formula is C19H23NO3. The van der Waals surface area contributed by atoms with Crippen LogP contribution in [0, 0.1) is 0 Å². The van der Waals surface area contributed by atoms with Crippen LogP contribution in [0.3, 0.4) is 0 Å². The summed E-state index contributed by atoms with van der Waals surface area (Å²) >= 11 is 0. The van der Waals surface area contributed by atoms with E-state index in [4.69, 9.17) is 9.47 Å². The van der Waals surface area contributed by atoms with Crippen molar-refractivity contribution in [3.05, 3.63) is 59.7 Å². The molecule has 23 heavy (non-hydrogen) atoms. The summed E-state index contributed by atoms with van der Waals surface area (Å²) in [5.74, 6) is 1.12. The number of ether oxygens (including phenoxy) is 2. The number of carbonyl (C=O) groups is 1. The molecule has 4 heteroatoms. The van der Waals surface area contributed by atoms with Gasteiger partial charge in [0.05, 0.1) is 19.8 Å². The number of amides is 1. The Hall–Kier alpha value is -2.49. The van der Waals surface area contributed by atoms with E-state index in [1.807, 2.05) is 49.1 Å². The highest BCUT2D eigenvalue weighted by Gasteiger charge is 2.23. The highest BCUT2D eigenvalue weighted by molar-refractivity contribution is 5.97. The zero-order valence-corrected chi connectivity index (χ0v) is 14.1. The minimum absolute atomic E-state index is 0.0682. The number of hydrogen-bond donors (Lipinski definition) is 0. The van der Waals surface area contributed by atoms with Gasteiger partial charge in [0.15, 0.2) is 0 Å². The second-order valence-electron chi connectivity index (χ2n) is 5.58. The van der Waals surface area contributed by atoms with Gasteiger partial charge in [-0.3, -0.25) is 4.79 Å². The lowest BCUT2D eigenvalue weighted by atomic mass is 10.1. The molecule has 2 aromatic rings. The minimum atomic E-state index is -0.0698. The Bertz CT molecular complexity index is 653. The first-order valence-electron chi connectivity index (χ1n) is 7.63. The number of benzene rings is 2. The van der Waals surface area contributed by atoms with Crippen molar-refractivity contribution in [2.45, 2.75) is 26.4 Å². The van der Waals surface area contributed by atoms with Crippen LogP contribution >= 0.6 is 0 Å². The summed E-state index contributed by atoms with van der Waals surface area (Å²) < 4.78 is 10.6. The van der Waals surface area contributed by atoms with Crippen molar-refractivity contribution in [3.8, 4) is 11.5 Å². The highest BCUT2D eigenvalue weighted by Crippen LogP contribution is 2.26. The van der Waals surface area contributed by atoms with E-state index in [1.165, 1.54) is 0 Å². The molecule has 0 aliphatic heterocycles. The number of methoxy groups -OCH3 is 2. The van der Waals surface area contributed by atoms with Crippen molar-refractivity contribution < 1.29 is 14.3 Å². The standard InChI is InChI=1S/C19H23NO3/c1-14(2)20(13-15-8-6-5-7-9-15)19(21)17-12-16(22-3)10-11-18(17)23-4/h5-12,14H,13H2,1-4H3. The Labute approximate surface area is 137 Å². The SMILES string of the molecule is COc1ccc(OC)c(C(=O)N(Cc2ccccc2)C(C)C)c1. The zero-order valence-electron chi connectivity index (χ0n) is 14.1. The summed E-state index contributed by atoms with van der Waals surface area (Å²) in [7, 11) is 3.15. The molecule has 122 valence electrons. The molecule has 0 saturated carbocycles. The maximum atomic E-state index is 13.0. The second-order valence-corrected chi connectivity index (χ2v) is 5.58. The Morgan fingerprint density at radius 1 is 1.04 bits per heavy atom. The molecule has 0 spiro atoms. The fraction of sp³-hybridized carbons (Fsp3) is 0.316. The van der Waals surface area contributed by atoms with Crippen molar-refractivity contribution in [1.82, 2.24) is 4.90 Å². The fourth-order valence-electron chi connectivity index (χ4n) is 2.40. The van der Waals surface area contributed by atoms with E-state index in [9.17, 15) is 4.79 Å². The maximum Gasteiger partial charge on any atom is 0.258 e. The summed E-state index contributed by atoms with van der Waals surface area (Å²) in [6.45, 7) is 4.57. The van der Waals surface area contributed by atoms with Gasteiger partial charge in [-0.25, -0.2) is 0 Å². The molecule has 0 heterocycles. The lowest BCUT2D eigenvalue weighted by molar-refractivity contribution is 0.0686. The molecule has 0 radical (unpaired) electrons. The summed E-state index contributed by atoms with van der Waals surface area (Å²) in [6.07, 6.45) is 0. The molecule has 0 unspecified atom stereocenters. The van der Waals surface area contributed by atoms with Gasteiger partial charge in [0.25, 0.3) is 5.91 Å². The molecule has 0 saturated heterocycles. The molecule has 1 amide bonds. The molecular weight excluding hydrogens is 290 g/mol. The zero-order chi connectivity index (χ0) is 16.8. The van der Waals surface area contributed by atoms with Gasteiger partial charge in [-0.2, -0.15) is 0 Å². The van der Waals surface area contributed by atoms with Crippen molar-refractivity contribution in [3.63, 3.8) is 0 Å². The molecule has 0 fully saturated rings. The molecule has 2 aromatic carbocycles. The molecule has 0 bridgehead atoms. The van der Waals surface area contributed by atoms with E-state index in [1.54, 1.807) is 32.4 Å². The summed E-state index contributed by atoms with van der Waals surface area (Å²) in [5, 5.41) is 0. The lowest BCUT2D eigenvalue weighted by Crippen LogP contribution is -2.36. The van der Waals surface area contributed by atoms with E-state index in [0.29, 0.717) is 23.6 Å². The number of nitrogens with zero attached hydrogens (tertiary/aromatic N) is 1. The third kappa shape index (κ3) is 4.03. The molecule has 2 rings (SSSR count). The lowest BCUT2D eigenvalue weighted by Gasteiger charge is -2.27. The first kappa shape index (κ1) is 16.9. The second kappa shape index (κ2) is 7.68. The molecule has 0 aliphatic rings. The van der Waals surface area contributed by atoms with Crippen LogP contribution in [0.2, 0.25) is 0 Å². The largest absolute Gasteiger partial charge is 0.497 e. The first-order valence-corrected chi connectivity index (χ1v) is 7.63. The van der Waals surface area contributed by atoms with Gasteiger partial charge < -0.3 is 14.4 Å². The average Bonchev–Trinajstić information content (AvgIpc) is 2.59. The number of carbonyl (C=O) groups excluding carboxylic acids is 1. The van der Waals surface area contributed by atoms with Crippen molar-refractivity contribution >= 4 is 5.91 Å². The van der Waals surface area contributed by atoms with E-state index < -0.39 is 0 Å². The minimum Gasteiger partial charge on any atom is -0.497 e. The Balaban J connectivity index is 2.34. The van der Waals surface area contributed by atoms with Gasteiger partial charge >= 0.3 is 0 Å². The van der Waals surface area contributed by atoms with Gasteiger partial charge in [-0.15, -0.1) is 0 Å². The van der Waals surface area contributed by atoms with Gasteiger partial charge in [-0.1, -0.05) is 30.3 Å². The number of rotatable bonds is 6. The normalized spacial score (nSPS) is 10.5. The Morgan fingerprint density at radius 3 is 2.30 bits per heavy atom. The van der Waals surface area contributed by atoms with Crippen LogP contribution in [-0.4, -0.2) is 31.1 Å². The van der Waals surface area contributed by atoms with Gasteiger partial charge in [-0.05, 0) is 37.6 Å². The quantitative estimate of drug-likeness (QED) is 0.815. The van der Waals surface area contributed by atoms with E-state index in [2.05, 4.69) is 0 Å². The van der Waals surface area contributed by atoms with Crippen LogP contribution in [0.15, 0.2) is 48.5 Å². The van der Waals surface area contributed by atoms with E-state index >= 15 is 0 Å². The predicted molar refractivity (Wildman–Crippen MR) is 91.0 cm³/mol. The van der Waals surface area contributed by atoms with Crippen molar-refractivity contribution in [2.24, 2.45) is 0 Å². The van der Waals surface area contributed by atoms with Gasteiger partial charge in [0.1, 0.15) is 11.5 Å². The van der Waals surface area contributed by atoms with Gasteiger partial charge in [0.2, 0.25) is 0 Å². The van der Waals surface area contributed by atoms with E-state index in [0.717, 1.165) is 5.56 Å². The molecule has 4 nitrogen and oxygen atoms in total. The van der Waals surface area contributed by atoms with Crippen LogP contribution in [0.25, 0.3) is 0 Å². The maximum absolute atomic E-state index is 13.0. The Kier molecular flexibility index (Phi) is 5.63. The van der Waals surface area contributed by atoms with Gasteiger partial charge in [0, 0.05) is 12.6 Å². The summed E-state index contributed by atoms with van der Waals surface area (Å²) in [5.41, 5.74) is 1.60. The van der Waals surface area contributed by atoms with E-state index in [-0.39, 0.29) is 11.9 Å². The van der Waals surface area contributed by atoms with Crippen molar-refractivity contribution in [1.29, 1.82) is 0 Å². The molecule has 0 aromatic heterocycles. The van der Waals surface area contributed by atoms with Crippen LogP contribution in [0.1, 0.15) is 29.8 Å². The fourth-order valence-corrected chi connectivity index (χ4v) is 2.40. The third-order valence-corrected chi connectivity index (χ3v) is 3.72. The number of hydrogen-bond acceptors (Lipinski definition) is 3. The van der Waals surface area contributed by atoms with Crippen molar-refractivity contribution in [2.75, 3.05) is 14.2 Å². The Morgan fingerprint density at radius 2 is 1.74 bits per heavy atom. The predicted octanol–water partition coefficient (Wildman–Crippen LogP) is 3.75. The molecule has 0 aliphatic carbocycles. The molecule has 0 N–H and O–H groups in total. The van der Waals surface area contributed by atoms with Crippen LogP contribution < -0.4 is 9.47 Å². The van der Waals surface area contributed by atoms with Crippen LogP contribution in [0.4, 0.5) is 0 Å². The smallest absolute Gasteiger partial charge is 0.258 e. The first-order chi connectivity index (χ1) is 11.1. The third-order valence-electron chi connectivity index (χ3n) is 3.72. The van der Waals surface area contributed by atoms with Crippen LogP contribution in [-0.2, 0) is 6.54 Å². The highest BCUT2D eigenvalue weighted by atomic mass is 16.5. The summed E-state index contributed by atoms with van der Waals surface area (Å²) in [4.78, 5) is 14.9. The topological polar surface area (TPSA) is 38.8 Å². The molecule has 0 atom stereocenters. The monoisotopic (exact) mass is 313 g/mol. The summed E-state index contributed by atoms with van der Waals surface area (Å²) in [6, 6.07) is 15.3. The average molecular weight is 313 g/mol. The van der Waals surface area contributed by atoms with Crippen LogP contribution in [0.5, 0.6) is 11.5 Å².